The number of nitrogens with one attached hydrogen (secondary N) is 1. The van der Waals surface area contributed by atoms with Crippen LogP contribution < -0.4 is 5.32 Å². The molecular weight excluding hydrogens is 250 g/mol. The Labute approximate surface area is 120 Å². The molecule has 0 amide bonds. The van der Waals surface area contributed by atoms with Crippen molar-refractivity contribution in [3.63, 3.8) is 0 Å². The highest BCUT2D eigenvalue weighted by atomic mass is 16.5. The molecule has 4 nitrogen and oxygen atoms in total. The third kappa shape index (κ3) is 3.26. The van der Waals surface area contributed by atoms with E-state index in [1.54, 1.807) is 7.11 Å². The molecule has 0 bridgehead atoms. The highest BCUT2D eigenvalue weighted by Crippen LogP contribution is 2.26. The van der Waals surface area contributed by atoms with Crippen LogP contribution in [0.25, 0.3) is 5.69 Å². The molecule has 2 rings (SSSR count). The second-order valence-electron chi connectivity index (χ2n) is 5.51. The summed E-state index contributed by atoms with van der Waals surface area (Å²) in [4.78, 5) is 0. The first kappa shape index (κ1) is 14.8. The van der Waals surface area contributed by atoms with Crippen molar-refractivity contribution in [2.75, 3.05) is 14.2 Å². The molecule has 2 aromatic rings. The van der Waals surface area contributed by atoms with Gasteiger partial charge in [-0.2, -0.15) is 5.10 Å². The van der Waals surface area contributed by atoms with E-state index in [4.69, 9.17) is 4.74 Å². The monoisotopic (exact) mass is 273 g/mol. The molecule has 0 saturated heterocycles. The van der Waals surface area contributed by atoms with Crippen LogP contribution in [0.2, 0.25) is 0 Å². The summed E-state index contributed by atoms with van der Waals surface area (Å²) < 4.78 is 7.52. The Morgan fingerprint density at radius 3 is 2.55 bits per heavy atom. The van der Waals surface area contributed by atoms with Gasteiger partial charge < -0.3 is 10.1 Å². The Kier molecular flexibility index (Phi) is 4.57. The van der Waals surface area contributed by atoms with Gasteiger partial charge in [0.25, 0.3) is 0 Å². The lowest BCUT2D eigenvalue weighted by molar-refractivity contribution is 0.00692. The minimum absolute atomic E-state index is 0.181. The Balaban J connectivity index is 2.30. The van der Waals surface area contributed by atoms with E-state index in [1.807, 2.05) is 36.1 Å². The van der Waals surface area contributed by atoms with Crippen molar-refractivity contribution in [2.24, 2.45) is 0 Å². The fraction of sp³-hybridized carbons (Fsp3) is 0.438. The number of hydrogen-bond donors (Lipinski definition) is 1. The van der Waals surface area contributed by atoms with Gasteiger partial charge in [0.05, 0.1) is 23.0 Å². The second-order valence-corrected chi connectivity index (χ2v) is 5.51. The van der Waals surface area contributed by atoms with Gasteiger partial charge in [0.2, 0.25) is 0 Å². The molecule has 1 aromatic heterocycles. The van der Waals surface area contributed by atoms with Crippen molar-refractivity contribution in [1.29, 1.82) is 0 Å². The van der Waals surface area contributed by atoms with E-state index < -0.39 is 0 Å². The molecule has 0 saturated carbocycles. The van der Waals surface area contributed by atoms with E-state index in [9.17, 15) is 0 Å². The lowest BCUT2D eigenvalue weighted by Crippen LogP contribution is -2.31. The lowest BCUT2D eigenvalue weighted by atomic mass is 9.96. The number of ether oxygens (including phenoxy) is 1. The van der Waals surface area contributed by atoms with Crippen LogP contribution in [0.1, 0.15) is 32.0 Å². The summed E-state index contributed by atoms with van der Waals surface area (Å²) in [5, 5.41) is 7.81. The Hall–Kier alpha value is -1.65. The van der Waals surface area contributed by atoms with E-state index in [0.717, 1.165) is 17.8 Å². The molecule has 0 aliphatic heterocycles. The van der Waals surface area contributed by atoms with Crippen LogP contribution in [-0.2, 0) is 4.74 Å². The molecule has 20 heavy (non-hydrogen) atoms. The third-order valence-electron chi connectivity index (χ3n) is 3.63. The predicted molar refractivity (Wildman–Crippen MR) is 81.1 cm³/mol. The van der Waals surface area contributed by atoms with Gasteiger partial charge in [-0.25, -0.2) is 4.68 Å². The number of methoxy groups -OCH3 is 1. The van der Waals surface area contributed by atoms with E-state index in [-0.39, 0.29) is 11.6 Å². The van der Waals surface area contributed by atoms with Crippen LogP contribution in [0, 0.1) is 0 Å². The van der Waals surface area contributed by atoms with Gasteiger partial charge in [-0.15, -0.1) is 0 Å². The molecular formula is C16H23N3O. The number of para-hydroxylation sites is 1. The minimum Gasteiger partial charge on any atom is -0.379 e. The molecule has 0 aliphatic rings. The maximum Gasteiger partial charge on any atom is 0.0649 e. The number of rotatable bonds is 6. The molecule has 1 atom stereocenters. The maximum atomic E-state index is 5.54. The molecule has 1 unspecified atom stereocenters. The molecule has 0 aliphatic carbocycles. The van der Waals surface area contributed by atoms with E-state index in [1.165, 1.54) is 0 Å². The highest BCUT2D eigenvalue weighted by molar-refractivity contribution is 5.33. The SMILES string of the molecule is CNC(CC(C)(C)OC)c1ccnn1-c1ccccc1. The number of hydrogen-bond acceptors (Lipinski definition) is 3. The second kappa shape index (κ2) is 6.20. The average molecular weight is 273 g/mol. The van der Waals surface area contributed by atoms with Crippen LogP contribution in [0.15, 0.2) is 42.6 Å². The van der Waals surface area contributed by atoms with Gasteiger partial charge in [-0.3, -0.25) is 0 Å². The normalized spacial score (nSPS) is 13.4. The average Bonchev–Trinajstić information content (AvgIpc) is 2.95. The first-order valence-corrected chi connectivity index (χ1v) is 6.89. The van der Waals surface area contributed by atoms with Crippen molar-refractivity contribution in [3.8, 4) is 5.69 Å². The van der Waals surface area contributed by atoms with E-state index in [0.29, 0.717) is 0 Å². The fourth-order valence-corrected chi connectivity index (χ4v) is 2.29. The van der Waals surface area contributed by atoms with Crippen LogP contribution in [0.5, 0.6) is 0 Å². The standard InChI is InChI=1S/C16H23N3O/c1-16(2,20-4)12-14(17-3)15-10-11-18-19(15)13-8-6-5-7-9-13/h5-11,14,17H,12H2,1-4H3. The smallest absolute Gasteiger partial charge is 0.0649 e. The first-order chi connectivity index (χ1) is 9.57. The minimum atomic E-state index is -0.181. The quantitative estimate of drug-likeness (QED) is 0.879. The molecule has 0 radical (unpaired) electrons. The molecule has 0 fully saturated rings. The topological polar surface area (TPSA) is 39.1 Å². The molecule has 108 valence electrons. The third-order valence-corrected chi connectivity index (χ3v) is 3.63. The summed E-state index contributed by atoms with van der Waals surface area (Å²) in [6.07, 6.45) is 2.71. The number of benzene rings is 1. The summed E-state index contributed by atoms with van der Waals surface area (Å²) in [6, 6.07) is 12.4. The van der Waals surface area contributed by atoms with Crippen molar-refractivity contribution < 1.29 is 4.74 Å². The summed E-state index contributed by atoms with van der Waals surface area (Å²) >= 11 is 0. The van der Waals surface area contributed by atoms with E-state index in [2.05, 4.69) is 42.5 Å². The summed E-state index contributed by atoms with van der Waals surface area (Å²) in [5.74, 6) is 0. The molecule has 1 N–H and O–H groups in total. The van der Waals surface area contributed by atoms with Gasteiger partial charge in [-0.1, -0.05) is 18.2 Å². The van der Waals surface area contributed by atoms with Gasteiger partial charge in [0.15, 0.2) is 0 Å². The molecule has 0 spiro atoms. The van der Waals surface area contributed by atoms with Crippen molar-refractivity contribution in [3.05, 3.63) is 48.3 Å². The van der Waals surface area contributed by atoms with Crippen LogP contribution >= 0.6 is 0 Å². The number of aromatic nitrogens is 2. The fourth-order valence-electron chi connectivity index (χ4n) is 2.29. The predicted octanol–water partition coefficient (Wildman–Crippen LogP) is 2.95. The highest BCUT2D eigenvalue weighted by Gasteiger charge is 2.25. The lowest BCUT2D eigenvalue weighted by Gasteiger charge is -2.28. The molecule has 4 heteroatoms. The number of nitrogens with zero attached hydrogens (tertiary/aromatic N) is 2. The van der Waals surface area contributed by atoms with Gasteiger partial charge >= 0.3 is 0 Å². The van der Waals surface area contributed by atoms with Gasteiger partial charge in [0, 0.05) is 13.3 Å². The van der Waals surface area contributed by atoms with Crippen LogP contribution in [-0.4, -0.2) is 29.5 Å². The Bertz CT molecular complexity index is 534. The van der Waals surface area contributed by atoms with E-state index >= 15 is 0 Å². The largest absolute Gasteiger partial charge is 0.379 e. The summed E-state index contributed by atoms with van der Waals surface area (Å²) in [7, 11) is 3.72. The van der Waals surface area contributed by atoms with Crippen LogP contribution in [0.3, 0.4) is 0 Å². The van der Waals surface area contributed by atoms with Crippen molar-refractivity contribution in [2.45, 2.75) is 31.9 Å². The van der Waals surface area contributed by atoms with Crippen molar-refractivity contribution in [1.82, 2.24) is 15.1 Å². The van der Waals surface area contributed by atoms with Crippen LogP contribution in [0.4, 0.5) is 0 Å². The maximum absolute atomic E-state index is 5.54. The Morgan fingerprint density at radius 2 is 1.95 bits per heavy atom. The first-order valence-electron chi connectivity index (χ1n) is 6.89. The molecule has 1 heterocycles. The van der Waals surface area contributed by atoms with Gasteiger partial charge in [0.1, 0.15) is 0 Å². The summed E-state index contributed by atoms with van der Waals surface area (Å²) in [6.45, 7) is 4.20. The van der Waals surface area contributed by atoms with Crippen molar-refractivity contribution >= 4 is 0 Å². The Morgan fingerprint density at radius 1 is 1.25 bits per heavy atom. The molecule has 1 aromatic carbocycles. The van der Waals surface area contributed by atoms with Gasteiger partial charge in [-0.05, 0) is 45.5 Å². The zero-order chi connectivity index (χ0) is 14.6. The summed E-state index contributed by atoms with van der Waals surface area (Å²) in [5.41, 5.74) is 2.03. The zero-order valence-corrected chi connectivity index (χ0v) is 12.6. The zero-order valence-electron chi connectivity index (χ0n) is 12.6.